The van der Waals surface area contributed by atoms with Gasteiger partial charge < -0.3 is 20.7 Å². The second kappa shape index (κ2) is 9.76. The Morgan fingerprint density at radius 2 is 2.03 bits per heavy atom. The van der Waals surface area contributed by atoms with Crippen LogP contribution in [0.2, 0.25) is 10.0 Å². The molecule has 29 heavy (non-hydrogen) atoms. The van der Waals surface area contributed by atoms with Crippen LogP contribution in [0.25, 0.3) is 0 Å². The molecule has 8 nitrogen and oxygen atoms in total. The molecular formula is C19H21Cl2N5O3. The largest absolute Gasteiger partial charge is 0.462 e. The predicted molar refractivity (Wildman–Crippen MR) is 112 cm³/mol. The molecule has 154 valence electrons. The van der Waals surface area contributed by atoms with Gasteiger partial charge in [-0.25, -0.2) is 9.78 Å². The van der Waals surface area contributed by atoms with Gasteiger partial charge in [0.1, 0.15) is 17.4 Å². The van der Waals surface area contributed by atoms with Gasteiger partial charge in [-0.1, -0.05) is 23.2 Å². The van der Waals surface area contributed by atoms with Gasteiger partial charge in [-0.15, -0.1) is 0 Å². The minimum Gasteiger partial charge on any atom is -0.462 e. The van der Waals surface area contributed by atoms with E-state index in [1.807, 2.05) is 0 Å². The molecule has 0 unspecified atom stereocenters. The third-order valence-corrected chi connectivity index (χ3v) is 4.69. The van der Waals surface area contributed by atoms with Crippen molar-refractivity contribution in [2.45, 2.75) is 32.2 Å². The molecule has 0 aliphatic carbocycles. The van der Waals surface area contributed by atoms with Crippen molar-refractivity contribution in [3.8, 4) is 0 Å². The molecule has 1 aromatic carbocycles. The molecule has 0 spiro atoms. The molecule has 1 saturated heterocycles. The second-order valence-electron chi connectivity index (χ2n) is 6.44. The monoisotopic (exact) mass is 437 g/mol. The van der Waals surface area contributed by atoms with Gasteiger partial charge in [0.25, 0.3) is 0 Å². The van der Waals surface area contributed by atoms with Crippen LogP contribution in [0.3, 0.4) is 0 Å². The van der Waals surface area contributed by atoms with Gasteiger partial charge in [0.2, 0.25) is 11.9 Å². The van der Waals surface area contributed by atoms with Crippen molar-refractivity contribution >= 4 is 52.5 Å². The van der Waals surface area contributed by atoms with E-state index in [9.17, 15) is 9.59 Å². The van der Waals surface area contributed by atoms with Crippen molar-refractivity contribution in [2.75, 3.05) is 23.8 Å². The van der Waals surface area contributed by atoms with Gasteiger partial charge in [-0.05, 0) is 44.4 Å². The molecule has 0 saturated carbocycles. The molecule has 2 heterocycles. The highest BCUT2D eigenvalue weighted by atomic mass is 35.5. The SMILES string of the molecule is CCOC(=O)c1cnc(Nc2cc(Cl)cc(Cl)c2)nc1N[C@H]1CCCCNC1=O. The summed E-state index contributed by atoms with van der Waals surface area (Å²) < 4.78 is 5.08. The summed E-state index contributed by atoms with van der Waals surface area (Å²) in [4.78, 5) is 33.2. The van der Waals surface area contributed by atoms with Crippen molar-refractivity contribution in [3.05, 3.63) is 40.0 Å². The Bertz CT molecular complexity index is 889. The summed E-state index contributed by atoms with van der Waals surface area (Å²) in [6.07, 6.45) is 3.77. The summed E-state index contributed by atoms with van der Waals surface area (Å²) in [5.41, 5.74) is 0.739. The van der Waals surface area contributed by atoms with Gasteiger partial charge >= 0.3 is 5.97 Å². The number of aromatic nitrogens is 2. The molecule has 3 rings (SSSR count). The summed E-state index contributed by atoms with van der Waals surface area (Å²) in [6, 6.07) is 4.44. The number of anilines is 3. The first-order valence-corrected chi connectivity index (χ1v) is 10.0. The summed E-state index contributed by atoms with van der Waals surface area (Å²) in [5, 5.41) is 9.83. The highest BCUT2D eigenvalue weighted by Gasteiger charge is 2.24. The molecule has 3 N–H and O–H groups in total. The quantitative estimate of drug-likeness (QED) is 0.590. The van der Waals surface area contributed by atoms with Crippen molar-refractivity contribution in [2.24, 2.45) is 0 Å². The van der Waals surface area contributed by atoms with Crippen LogP contribution in [-0.2, 0) is 9.53 Å². The molecule has 1 atom stereocenters. The third-order valence-electron chi connectivity index (χ3n) is 4.25. The maximum atomic E-state index is 12.3. The van der Waals surface area contributed by atoms with Crippen LogP contribution in [0.15, 0.2) is 24.4 Å². The number of amides is 1. The Hall–Kier alpha value is -2.58. The number of hydrogen-bond donors (Lipinski definition) is 3. The average molecular weight is 438 g/mol. The maximum Gasteiger partial charge on any atom is 0.343 e. The first-order chi connectivity index (χ1) is 14.0. The fraction of sp³-hybridized carbons (Fsp3) is 0.368. The fourth-order valence-corrected chi connectivity index (χ4v) is 3.43. The van der Waals surface area contributed by atoms with E-state index in [1.165, 1.54) is 6.20 Å². The summed E-state index contributed by atoms with van der Waals surface area (Å²) in [5.74, 6) is -0.266. The van der Waals surface area contributed by atoms with Gasteiger partial charge in [0.05, 0.1) is 6.61 Å². The van der Waals surface area contributed by atoms with Crippen molar-refractivity contribution in [1.82, 2.24) is 15.3 Å². The minimum absolute atomic E-state index is 0.132. The Labute approximate surface area is 178 Å². The molecule has 10 heteroatoms. The molecule has 0 bridgehead atoms. The lowest BCUT2D eigenvalue weighted by atomic mass is 10.1. The van der Waals surface area contributed by atoms with Crippen molar-refractivity contribution in [1.29, 1.82) is 0 Å². The molecular weight excluding hydrogens is 417 g/mol. The van der Waals surface area contributed by atoms with E-state index in [4.69, 9.17) is 27.9 Å². The van der Waals surface area contributed by atoms with Gasteiger partial charge in [0, 0.05) is 28.5 Å². The number of ether oxygens (including phenoxy) is 1. The number of halogens is 2. The lowest BCUT2D eigenvalue weighted by molar-refractivity contribution is -0.121. The Kier molecular flexibility index (Phi) is 7.11. The van der Waals surface area contributed by atoms with E-state index in [-0.39, 0.29) is 29.8 Å². The van der Waals surface area contributed by atoms with Crippen LogP contribution < -0.4 is 16.0 Å². The Morgan fingerprint density at radius 1 is 1.28 bits per heavy atom. The van der Waals surface area contributed by atoms with Gasteiger partial charge in [-0.2, -0.15) is 4.98 Å². The lowest BCUT2D eigenvalue weighted by Crippen LogP contribution is -2.38. The number of carbonyl (C=O) groups is 2. The van der Waals surface area contributed by atoms with E-state index in [2.05, 4.69) is 25.9 Å². The van der Waals surface area contributed by atoms with E-state index in [0.717, 1.165) is 12.8 Å². The Balaban J connectivity index is 1.90. The van der Waals surface area contributed by atoms with Gasteiger partial charge in [0.15, 0.2) is 0 Å². The number of benzene rings is 1. The zero-order valence-corrected chi connectivity index (χ0v) is 17.3. The molecule has 1 aliphatic heterocycles. The van der Waals surface area contributed by atoms with Gasteiger partial charge in [-0.3, -0.25) is 4.79 Å². The standard InChI is InChI=1S/C19H21Cl2N5O3/c1-2-29-18(28)14-10-23-19(24-13-8-11(20)7-12(21)9-13)26-16(14)25-15-5-3-4-6-22-17(15)27/h7-10,15H,2-6H2,1H3,(H,22,27)(H2,23,24,25,26)/t15-/m0/s1. The molecule has 1 aliphatic rings. The highest BCUT2D eigenvalue weighted by molar-refractivity contribution is 6.35. The molecule has 2 aromatic rings. The van der Waals surface area contributed by atoms with Crippen LogP contribution in [0, 0.1) is 0 Å². The highest BCUT2D eigenvalue weighted by Crippen LogP contribution is 2.25. The number of nitrogens with one attached hydrogen (secondary N) is 3. The molecule has 1 amide bonds. The van der Waals surface area contributed by atoms with Crippen LogP contribution in [0.5, 0.6) is 0 Å². The maximum absolute atomic E-state index is 12.3. The zero-order chi connectivity index (χ0) is 20.8. The number of nitrogens with zero attached hydrogens (tertiary/aromatic N) is 2. The van der Waals surface area contributed by atoms with E-state index >= 15 is 0 Å². The van der Waals surface area contributed by atoms with E-state index in [1.54, 1.807) is 25.1 Å². The topological polar surface area (TPSA) is 105 Å². The minimum atomic E-state index is -0.568. The predicted octanol–water partition coefficient (Wildman–Crippen LogP) is 3.78. The smallest absolute Gasteiger partial charge is 0.343 e. The first-order valence-electron chi connectivity index (χ1n) is 9.28. The van der Waals surface area contributed by atoms with Crippen LogP contribution in [0.1, 0.15) is 36.5 Å². The van der Waals surface area contributed by atoms with Crippen molar-refractivity contribution in [3.63, 3.8) is 0 Å². The second-order valence-corrected chi connectivity index (χ2v) is 7.32. The Morgan fingerprint density at radius 3 is 2.76 bits per heavy atom. The third kappa shape index (κ3) is 5.71. The van der Waals surface area contributed by atoms with Crippen molar-refractivity contribution < 1.29 is 14.3 Å². The number of esters is 1. The van der Waals surface area contributed by atoms with E-state index in [0.29, 0.717) is 28.7 Å². The molecule has 1 fully saturated rings. The molecule has 0 radical (unpaired) electrons. The van der Waals surface area contributed by atoms with Crippen LogP contribution in [0.4, 0.5) is 17.5 Å². The van der Waals surface area contributed by atoms with Crippen LogP contribution in [-0.4, -0.2) is 41.0 Å². The zero-order valence-electron chi connectivity index (χ0n) is 15.8. The average Bonchev–Trinajstić information content (AvgIpc) is 2.86. The fourth-order valence-electron chi connectivity index (χ4n) is 2.91. The summed E-state index contributed by atoms with van der Waals surface area (Å²) in [7, 11) is 0. The molecule has 1 aromatic heterocycles. The number of rotatable bonds is 6. The first kappa shape index (κ1) is 21.1. The van der Waals surface area contributed by atoms with E-state index < -0.39 is 12.0 Å². The summed E-state index contributed by atoms with van der Waals surface area (Å²) in [6.45, 7) is 2.56. The lowest BCUT2D eigenvalue weighted by Gasteiger charge is -2.18. The van der Waals surface area contributed by atoms with Crippen LogP contribution >= 0.6 is 23.2 Å². The number of hydrogen-bond acceptors (Lipinski definition) is 7. The number of carbonyl (C=O) groups excluding carboxylic acids is 2. The summed E-state index contributed by atoms with van der Waals surface area (Å²) >= 11 is 12.1. The normalized spacial score (nSPS) is 16.5.